The molecule has 0 aliphatic rings. The molecule has 0 aliphatic carbocycles. The van der Waals surface area contributed by atoms with Crippen LogP contribution in [0, 0.1) is 5.82 Å². The molecule has 0 bridgehead atoms. The molecule has 4 rings (SSSR count). The van der Waals surface area contributed by atoms with Crippen molar-refractivity contribution in [1.82, 2.24) is 5.43 Å². The standard InChI is InChI=1S/C26H21BrFN3O5/c1-2-34-22-12-17(14-29-31-26(33)24-11-16-5-3-4-6-21(16)36-24)20(27)13-23(22)35-15-25(32)30-19-9-7-18(28)8-10-19/h3-14H,2,15H2,1H3,(H,30,32)(H,31,33)/b29-14+. The van der Waals surface area contributed by atoms with Gasteiger partial charge < -0.3 is 19.2 Å². The Hall–Kier alpha value is -4.18. The highest BCUT2D eigenvalue weighted by Crippen LogP contribution is 2.33. The molecule has 36 heavy (non-hydrogen) atoms. The van der Waals surface area contributed by atoms with Gasteiger partial charge in [-0.2, -0.15) is 5.10 Å². The monoisotopic (exact) mass is 553 g/mol. The fraction of sp³-hybridized carbons (Fsp3) is 0.115. The van der Waals surface area contributed by atoms with Crippen LogP contribution in [0.25, 0.3) is 11.0 Å². The molecule has 0 saturated carbocycles. The number of hydrogen-bond donors (Lipinski definition) is 2. The second kappa shape index (κ2) is 11.5. The van der Waals surface area contributed by atoms with Crippen molar-refractivity contribution in [2.45, 2.75) is 6.92 Å². The molecule has 0 unspecified atom stereocenters. The van der Waals surface area contributed by atoms with E-state index in [1.54, 1.807) is 24.3 Å². The van der Waals surface area contributed by atoms with Crippen LogP contribution in [0.1, 0.15) is 23.0 Å². The highest BCUT2D eigenvalue weighted by atomic mass is 79.9. The number of amides is 2. The molecule has 0 saturated heterocycles. The maximum absolute atomic E-state index is 13.0. The second-order valence-corrected chi connectivity index (χ2v) is 8.30. The van der Waals surface area contributed by atoms with Gasteiger partial charge in [-0.1, -0.05) is 18.2 Å². The first kappa shape index (κ1) is 24.9. The summed E-state index contributed by atoms with van der Waals surface area (Å²) in [5.41, 5.74) is 4.10. The number of hydrazone groups is 1. The SMILES string of the molecule is CCOc1cc(/C=N/NC(=O)c2cc3ccccc3o2)c(Br)cc1OCC(=O)Nc1ccc(F)cc1. The van der Waals surface area contributed by atoms with Gasteiger partial charge >= 0.3 is 5.91 Å². The first-order valence-corrected chi connectivity index (χ1v) is 11.7. The van der Waals surface area contributed by atoms with Crippen LogP contribution in [0.3, 0.4) is 0 Å². The summed E-state index contributed by atoms with van der Waals surface area (Å²) in [6.07, 6.45) is 1.44. The third-order valence-electron chi connectivity index (χ3n) is 4.87. The summed E-state index contributed by atoms with van der Waals surface area (Å²) in [6.45, 7) is 1.89. The predicted octanol–water partition coefficient (Wildman–Crippen LogP) is 5.51. The third kappa shape index (κ3) is 6.28. The van der Waals surface area contributed by atoms with Crippen molar-refractivity contribution in [2.24, 2.45) is 5.10 Å². The Morgan fingerprint density at radius 3 is 2.56 bits per heavy atom. The Balaban J connectivity index is 1.40. The first-order valence-electron chi connectivity index (χ1n) is 10.9. The smallest absolute Gasteiger partial charge is 0.307 e. The van der Waals surface area contributed by atoms with Gasteiger partial charge in [0, 0.05) is 21.1 Å². The van der Waals surface area contributed by atoms with Gasteiger partial charge in [-0.25, -0.2) is 9.82 Å². The molecule has 2 N–H and O–H groups in total. The van der Waals surface area contributed by atoms with Gasteiger partial charge in [-0.3, -0.25) is 9.59 Å². The third-order valence-corrected chi connectivity index (χ3v) is 5.56. The van der Waals surface area contributed by atoms with Crippen LogP contribution >= 0.6 is 15.9 Å². The van der Waals surface area contributed by atoms with Gasteiger partial charge in [0.25, 0.3) is 5.91 Å². The Bertz CT molecular complexity index is 1390. The zero-order valence-electron chi connectivity index (χ0n) is 19.1. The van der Waals surface area contributed by atoms with E-state index in [9.17, 15) is 14.0 Å². The quantitative estimate of drug-likeness (QED) is 0.210. The van der Waals surface area contributed by atoms with Gasteiger partial charge in [0.2, 0.25) is 0 Å². The van der Waals surface area contributed by atoms with Crippen LogP contribution in [0.4, 0.5) is 10.1 Å². The lowest BCUT2D eigenvalue weighted by molar-refractivity contribution is -0.118. The topological polar surface area (TPSA) is 102 Å². The Morgan fingerprint density at radius 2 is 1.81 bits per heavy atom. The highest BCUT2D eigenvalue weighted by Gasteiger charge is 2.14. The van der Waals surface area contributed by atoms with Crippen LogP contribution in [0.5, 0.6) is 11.5 Å². The second-order valence-electron chi connectivity index (χ2n) is 7.44. The van der Waals surface area contributed by atoms with E-state index >= 15 is 0 Å². The van der Waals surface area contributed by atoms with Crippen LogP contribution < -0.4 is 20.2 Å². The number of nitrogens with zero attached hydrogens (tertiary/aromatic N) is 1. The van der Waals surface area contributed by atoms with E-state index in [-0.39, 0.29) is 12.4 Å². The number of carbonyl (C=O) groups is 2. The molecule has 0 aliphatic heterocycles. The van der Waals surface area contributed by atoms with Gasteiger partial charge in [-0.05, 0) is 71.4 Å². The molecule has 8 nitrogen and oxygen atoms in total. The van der Waals surface area contributed by atoms with Crippen molar-refractivity contribution in [3.8, 4) is 11.5 Å². The maximum atomic E-state index is 13.0. The van der Waals surface area contributed by atoms with E-state index in [4.69, 9.17) is 13.9 Å². The summed E-state index contributed by atoms with van der Waals surface area (Å²) in [7, 11) is 0. The zero-order chi connectivity index (χ0) is 25.5. The number of hydrogen-bond acceptors (Lipinski definition) is 6. The number of fused-ring (bicyclic) bond motifs is 1. The maximum Gasteiger partial charge on any atom is 0.307 e. The minimum atomic E-state index is -0.490. The number of furan rings is 1. The number of rotatable bonds is 9. The summed E-state index contributed by atoms with van der Waals surface area (Å²) in [6, 6.07) is 17.7. The number of para-hydroxylation sites is 1. The van der Waals surface area contributed by atoms with Gasteiger partial charge in [0.15, 0.2) is 23.9 Å². The normalized spacial score (nSPS) is 11.0. The number of carbonyl (C=O) groups excluding carboxylic acids is 2. The van der Waals surface area contributed by atoms with Crippen LogP contribution in [-0.4, -0.2) is 31.2 Å². The number of nitrogens with one attached hydrogen (secondary N) is 2. The van der Waals surface area contributed by atoms with E-state index in [1.165, 1.54) is 30.5 Å². The van der Waals surface area contributed by atoms with Crippen molar-refractivity contribution < 1.29 is 27.9 Å². The average molecular weight is 554 g/mol. The molecule has 1 heterocycles. The first-order chi connectivity index (χ1) is 17.4. The molecule has 0 atom stereocenters. The number of ether oxygens (including phenoxy) is 2. The van der Waals surface area contributed by atoms with E-state index in [2.05, 4.69) is 31.8 Å². The molecule has 2 amide bonds. The fourth-order valence-electron chi connectivity index (χ4n) is 3.21. The largest absolute Gasteiger partial charge is 0.490 e. The lowest BCUT2D eigenvalue weighted by atomic mass is 10.2. The van der Waals surface area contributed by atoms with Crippen molar-refractivity contribution >= 4 is 50.6 Å². The summed E-state index contributed by atoms with van der Waals surface area (Å²) >= 11 is 3.44. The van der Waals surface area contributed by atoms with Crippen molar-refractivity contribution in [1.29, 1.82) is 0 Å². The van der Waals surface area contributed by atoms with Crippen molar-refractivity contribution in [3.05, 3.63) is 88.3 Å². The fourth-order valence-corrected chi connectivity index (χ4v) is 3.64. The van der Waals surface area contributed by atoms with E-state index in [0.29, 0.717) is 39.4 Å². The van der Waals surface area contributed by atoms with Gasteiger partial charge in [0.05, 0.1) is 12.8 Å². The van der Waals surface area contributed by atoms with Gasteiger partial charge in [-0.15, -0.1) is 0 Å². The zero-order valence-corrected chi connectivity index (χ0v) is 20.7. The minimum Gasteiger partial charge on any atom is -0.490 e. The summed E-state index contributed by atoms with van der Waals surface area (Å²) in [4.78, 5) is 24.6. The van der Waals surface area contributed by atoms with Crippen LogP contribution in [-0.2, 0) is 4.79 Å². The number of anilines is 1. The molecule has 0 fully saturated rings. The highest BCUT2D eigenvalue weighted by molar-refractivity contribution is 9.10. The van der Waals surface area contributed by atoms with E-state index in [1.807, 2.05) is 25.1 Å². The molecule has 3 aromatic carbocycles. The molecule has 0 radical (unpaired) electrons. The molecular weight excluding hydrogens is 533 g/mol. The Labute approximate surface area is 214 Å². The minimum absolute atomic E-state index is 0.144. The van der Waals surface area contributed by atoms with E-state index < -0.39 is 17.6 Å². The summed E-state index contributed by atoms with van der Waals surface area (Å²) in [5.74, 6) is -0.435. The molecule has 4 aromatic rings. The van der Waals surface area contributed by atoms with Gasteiger partial charge in [0.1, 0.15) is 11.4 Å². The van der Waals surface area contributed by atoms with Crippen LogP contribution in [0.15, 0.2) is 80.7 Å². The number of halogens is 2. The lowest BCUT2D eigenvalue weighted by Crippen LogP contribution is -2.20. The predicted molar refractivity (Wildman–Crippen MR) is 137 cm³/mol. The molecule has 1 aromatic heterocycles. The Kier molecular flexibility index (Phi) is 7.96. The Morgan fingerprint density at radius 1 is 1.06 bits per heavy atom. The lowest BCUT2D eigenvalue weighted by Gasteiger charge is -2.14. The number of benzene rings is 3. The van der Waals surface area contributed by atoms with E-state index in [0.717, 1.165) is 5.39 Å². The molecule has 0 spiro atoms. The molecule has 184 valence electrons. The summed E-state index contributed by atoms with van der Waals surface area (Å²) in [5, 5.41) is 7.45. The molecular formula is C26H21BrFN3O5. The van der Waals surface area contributed by atoms with Crippen molar-refractivity contribution in [3.63, 3.8) is 0 Å². The molecule has 10 heteroatoms. The summed E-state index contributed by atoms with van der Waals surface area (Å²) < 4.78 is 30.4. The van der Waals surface area contributed by atoms with Crippen molar-refractivity contribution in [2.75, 3.05) is 18.5 Å². The van der Waals surface area contributed by atoms with Crippen LogP contribution in [0.2, 0.25) is 0 Å². The average Bonchev–Trinajstić information content (AvgIpc) is 3.31.